The fourth-order valence-corrected chi connectivity index (χ4v) is 2.84. The number of amides is 1. The molecule has 1 atom stereocenters. The predicted octanol–water partition coefficient (Wildman–Crippen LogP) is 3.67. The van der Waals surface area contributed by atoms with Crippen LogP contribution in [0.15, 0.2) is 60.4 Å². The van der Waals surface area contributed by atoms with Gasteiger partial charge in [-0.05, 0) is 19.1 Å². The molecule has 3 rings (SSSR count). The summed E-state index contributed by atoms with van der Waals surface area (Å²) in [4.78, 5) is 14.3. The molecule has 1 aliphatic rings. The van der Waals surface area contributed by atoms with Gasteiger partial charge in [-0.2, -0.15) is 0 Å². The topological polar surface area (TPSA) is 48.0 Å². The van der Waals surface area contributed by atoms with Crippen LogP contribution in [0.5, 0.6) is 11.5 Å². The Morgan fingerprint density at radius 1 is 1.08 bits per heavy atom. The SMILES string of the molecule is COc1ccc(CN2C(=O)C=C(C)OC2c2ccccc2)c(OC)c1. The molecule has 5 heteroatoms. The Morgan fingerprint density at radius 2 is 1.84 bits per heavy atom. The van der Waals surface area contributed by atoms with Crippen LogP contribution in [0.4, 0.5) is 0 Å². The van der Waals surface area contributed by atoms with Gasteiger partial charge in [-0.1, -0.05) is 30.3 Å². The van der Waals surface area contributed by atoms with Gasteiger partial charge in [0.15, 0.2) is 0 Å². The van der Waals surface area contributed by atoms with Gasteiger partial charge in [0.05, 0.1) is 20.8 Å². The number of benzene rings is 2. The third kappa shape index (κ3) is 3.60. The van der Waals surface area contributed by atoms with Crippen LogP contribution >= 0.6 is 0 Å². The van der Waals surface area contributed by atoms with E-state index in [4.69, 9.17) is 14.2 Å². The highest BCUT2D eigenvalue weighted by molar-refractivity contribution is 5.89. The van der Waals surface area contributed by atoms with E-state index < -0.39 is 6.23 Å². The number of carbonyl (C=O) groups is 1. The molecule has 5 nitrogen and oxygen atoms in total. The summed E-state index contributed by atoms with van der Waals surface area (Å²) in [6.07, 6.45) is 1.04. The lowest BCUT2D eigenvalue weighted by Gasteiger charge is -2.35. The zero-order valence-electron chi connectivity index (χ0n) is 14.6. The maximum absolute atomic E-state index is 12.6. The summed E-state index contributed by atoms with van der Waals surface area (Å²) in [6.45, 7) is 2.16. The Hall–Kier alpha value is -2.95. The molecule has 2 aromatic carbocycles. The molecular formula is C20H21NO4. The Bertz CT molecular complexity index is 786. The van der Waals surface area contributed by atoms with Crippen LogP contribution in [0.2, 0.25) is 0 Å². The second kappa shape index (κ2) is 7.30. The lowest BCUT2D eigenvalue weighted by Crippen LogP contribution is -2.37. The van der Waals surface area contributed by atoms with Crippen LogP contribution in [-0.4, -0.2) is 25.0 Å². The fraction of sp³-hybridized carbons (Fsp3) is 0.250. The second-order valence-electron chi connectivity index (χ2n) is 5.78. The van der Waals surface area contributed by atoms with Gasteiger partial charge in [0.2, 0.25) is 6.23 Å². The number of hydrogen-bond donors (Lipinski definition) is 0. The molecule has 1 amide bonds. The smallest absolute Gasteiger partial charge is 0.253 e. The van der Waals surface area contributed by atoms with E-state index >= 15 is 0 Å². The molecule has 1 aliphatic heterocycles. The van der Waals surface area contributed by atoms with Gasteiger partial charge in [0.25, 0.3) is 5.91 Å². The fourth-order valence-electron chi connectivity index (χ4n) is 2.84. The minimum Gasteiger partial charge on any atom is -0.497 e. The van der Waals surface area contributed by atoms with Crippen LogP contribution in [0.3, 0.4) is 0 Å². The van der Waals surface area contributed by atoms with Crippen molar-refractivity contribution in [2.45, 2.75) is 19.7 Å². The minimum absolute atomic E-state index is 0.0875. The van der Waals surface area contributed by atoms with Crippen molar-refractivity contribution in [3.63, 3.8) is 0 Å². The maximum atomic E-state index is 12.6. The first-order valence-corrected chi connectivity index (χ1v) is 8.04. The van der Waals surface area contributed by atoms with Crippen molar-refractivity contribution in [1.29, 1.82) is 0 Å². The average molecular weight is 339 g/mol. The minimum atomic E-state index is -0.467. The maximum Gasteiger partial charge on any atom is 0.253 e. The highest BCUT2D eigenvalue weighted by atomic mass is 16.5. The molecule has 0 fully saturated rings. The molecule has 0 bridgehead atoms. The van der Waals surface area contributed by atoms with Gasteiger partial charge in [-0.15, -0.1) is 0 Å². The lowest BCUT2D eigenvalue weighted by molar-refractivity contribution is -0.144. The average Bonchev–Trinajstić information content (AvgIpc) is 2.64. The molecule has 0 spiro atoms. The summed E-state index contributed by atoms with van der Waals surface area (Å²) in [5.74, 6) is 1.90. The molecule has 0 N–H and O–H groups in total. The number of allylic oxidation sites excluding steroid dienone is 1. The summed E-state index contributed by atoms with van der Waals surface area (Å²) in [5.41, 5.74) is 1.81. The van der Waals surface area contributed by atoms with Crippen molar-refractivity contribution in [2.24, 2.45) is 0 Å². The van der Waals surface area contributed by atoms with Crippen molar-refractivity contribution in [3.05, 3.63) is 71.5 Å². The standard InChI is InChI=1S/C20H21NO4/c1-14-11-19(22)21(20(25-14)15-7-5-4-6-8-15)13-16-9-10-17(23-2)12-18(16)24-3/h4-12,20H,13H2,1-3H3. The van der Waals surface area contributed by atoms with Crippen molar-refractivity contribution in [1.82, 2.24) is 4.90 Å². The third-order valence-electron chi connectivity index (χ3n) is 4.11. The highest BCUT2D eigenvalue weighted by Crippen LogP contribution is 2.33. The van der Waals surface area contributed by atoms with E-state index in [9.17, 15) is 4.79 Å². The zero-order chi connectivity index (χ0) is 17.8. The largest absolute Gasteiger partial charge is 0.497 e. The van der Waals surface area contributed by atoms with Crippen LogP contribution in [0, 0.1) is 0 Å². The summed E-state index contributed by atoms with van der Waals surface area (Å²) in [7, 11) is 3.21. The van der Waals surface area contributed by atoms with E-state index in [0.717, 1.165) is 11.1 Å². The van der Waals surface area contributed by atoms with E-state index in [1.54, 1.807) is 26.0 Å². The third-order valence-corrected chi connectivity index (χ3v) is 4.11. The van der Waals surface area contributed by atoms with Crippen molar-refractivity contribution >= 4 is 5.91 Å². The van der Waals surface area contributed by atoms with Gasteiger partial charge in [-0.25, -0.2) is 0 Å². The van der Waals surface area contributed by atoms with Crippen molar-refractivity contribution in [3.8, 4) is 11.5 Å². The normalized spacial score (nSPS) is 16.9. The summed E-state index contributed by atoms with van der Waals surface area (Å²) < 4.78 is 16.6. The Kier molecular flexibility index (Phi) is 4.93. The van der Waals surface area contributed by atoms with Gasteiger partial charge < -0.3 is 14.2 Å². The number of nitrogens with zero attached hydrogens (tertiary/aromatic N) is 1. The van der Waals surface area contributed by atoms with E-state index in [1.807, 2.05) is 48.5 Å². The molecule has 25 heavy (non-hydrogen) atoms. The number of ether oxygens (including phenoxy) is 3. The van der Waals surface area contributed by atoms with Gasteiger partial charge in [0, 0.05) is 23.3 Å². The monoisotopic (exact) mass is 339 g/mol. The Labute approximate surface area is 147 Å². The summed E-state index contributed by atoms with van der Waals surface area (Å²) in [5, 5.41) is 0. The Morgan fingerprint density at radius 3 is 2.52 bits per heavy atom. The first-order valence-electron chi connectivity index (χ1n) is 8.04. The second-order valence-corrected chi connectivity index (χ2v) is 5.78. The highest BCUT2D eigenvalue weighted by Gasteiger charge is 2.30. The molecule has 1 unspecified atom stereocenters. The van der Waals surface area contributed by atoms with Gasteiger partial charge >= 0.3 is 0 Å². The lowest BCUT2D eigenvalue weighted by atomic mass is 10.1. The first-order chi connectivity index (χ1) is 12.1. The zero-order valence-corrected chi connectivity index (χ0v) is 14.6. The summed E-state index contributed by atoms with van der Waals surface area (Å²) >= 11 is 0. The molecule has 0 saturated heterocycles. The van der Waals surface area contributed by atoms with Crippen molar-refractivity contribution < 1.29 is 19.0 Å². The van der Waals surface area contributed by atoms with Crippen LogP contribution in [-0.2, 0) is 16.1 Å². The molecule has 130 valence electrons. The van der Waals surface area contributed by atoms with E-state index in [-0.39, 0.29) is 5.91 Å². The number of hydrogen-bond acceptors (Lipinski definition) is 4. The summed E-state index contributed by atoms with van der Waals surface area (Å²) in [6, 6.07) is 15.3. The van der Waals surface area contributed by atoms with Gasteiger partial charge in [-0.3, -0.25) is 9.69 Å². The number of rotatable bonds is 5. The first kappa shape index (κ1) is 16.9. The molecule has 0 aromatic heterocycles. The van der Waals surface area contributed by atoms with E-state index in [0.29, 0.717) is 23.8 Å². The Balaban J connectivity index is 1.94. The quantitative estimate of drug-likeness (QED) is 0.834. The predicted molar refractivity (Wildman–Crippen MR) is 94.1 cm³/mol. The molecule has 1 heterocycles. The van der Waals surface area contributed by atoms with Crippen LogP contribution in [0.1, 0.15) is 24.3 Å². The van der Waals surface area contributed by atoms with E-state index in [1.165, 1.54) is 6.08 Å². The number of carbonyl (C=O) groups excluding carboxylic acids is 1. The van der Waals surface area contributed by atoms with Gasteiger partial charge in [0.1, 0.15) is 17.3 Å². The van der Waals surface area contributed by atoms with Crippen LogP contribution < -0.4 is 9.47 Å². The molecular weight excluding hydrogens is 318 g/mol. The number of methoxy groups -OCH3 is 2. The van der Waals surface area contributed by atoms with Crippen LogP contribution in [0.25, 0.3) is 0 Å². The molecule has 2 aromatic rings. The van der Waals surface area contributed by atoms with Crippen molar-refractivity contribution in [2.75, 3.05) is 14.2 Å². The molecule has 0 radical (unpaired) electrons. The molecule has 0 aliphatic carbocycles. The van der Waals surface area contributed by atoms with E-state index in [2.05, 4.69) is 0 Å². The molecule has 0 saturated carbocycles.